The number of phenols is 1. The van der Waals surface area contributed by atoms with Crippen molar-refractivity contribution in [2.24, 2.45) is 5.10 Å². The summed E-state index contributed by atoms with van der Waals surface area (Å²) in [7, 11) is 3.20. The molecule has 3 aromatic rings. The van der Waals surface area contributed by atoms with E-state index in [1.807, 2.05) is 35.3 Å². The fraction of sp³-hybridized carbons (Fsp3) is 0.208. The molecular weight excluding hydrogens is 531 g/mol. The van der Waals surface area contributed by atoms with Crippen LogP contribution in [-0.4, -0.2) is 30.0 Å². The van der Waals surface area contributed by atoms with Gasteiger partial charge in [-0.1, -0.05) is 39.1 Å². The van der Waals surface area contributed by atoms with Crippen LogP contribution in [0.25, 0.3) is 0 Å². The van der Waals surface area contributed by atoms with E-state index >= 15 is 0 Å². The fourth-order valence-corrected chi connectivity index (χ4v) is 5.17. The third kappa shape index (κ3) is 3.88. The number of hydrogen-bond acceptors (Lipinski definition) is 6. The van der Waals surface area contributed by atoms with Gasteiger partial charge >= 0.3 is 0 Å². The van der Waals surface area contributed by atoms with Crippen LogP contribution in [0.3, 0.4) is 0 Å². The zero-order valence-corrected chi connectivity index (χ0v) is 20.8. The zero-order valence-electron chi connectivity index (χ0n) is 17.7. The number of halogens is 3. The molecule has 0 unspecified atom stereocenters. The maximum Gasteiger partial charge on any atom is 0.217 e. The average Bonchev–Trinajstić information content (AvgIpc) is 3.26. The molecule has 3 aromatic carbocycles. The minimum Gasteiger partial charge on any atom is -0.507 e. The lowest BCUT2D eigenvalue weighted by Gasteiger charge is -2.38. The normalized spacial score (nSPS) is 18.8. The van der Waals surface area contributed by atoms with Gasteiger partial charge in [0, 0.05) is 27.0 Å². The topological polar surface area (TPSA) is 63.5 Å². The quantitative estimate of drug-likeness (QED) is 0.391. The molecule has 2 atom stereocenters. The minimum absolute atomic E-state index is 0.102. The second-order valence-corrected chi connectivity index (χ2v) is 9.46. The summed E-state index contributed by atoms with van der Waals surface area (Å²) >= 11 is 16.3. The highest BCUT2D eigenvalue weighted by molar-refractivity contribution is 9.10. The summed E-state index contributed by atoms with van der Waals surface area (Å²) in [5.41, 5.74) is 3.16. The fourth-order valence-electron chi connectivity index (χ4n) is 4.23. The largest absolute Gasteiger partial charge is 0.507 e. The van der Waals surface area contributed by atoms with Gasteiger partial charge in [0.25, 0.3) is 0 Å². The molecule has 2 aliphatic heterocycles. The van der Waals surface area contributed by atoms with E-state index in [1.165, 1.54) is 0 Å². The molecule has 0 fully saturated rings. The van der Waals surface area contributed by atoms with E-state index in [0.717, 1.165) is 21.3 Å². The molecule has 2 heterocycles. The van der Waals surface area contributed by atoms with Crippen LogP contribution in [0.2, 0.25) is 10.0 Å². The van der Waals surface area contributed by atoms with E-state index in [-0.39, 0.29) is 11.8 Å². The number of rotatable bonds is 4. The van der Waals surface area contributed by atoms with Gasteiger partial charge in [-0.15, -0.1) is 0 Å². The van der Waals surface area contributed by atoms with Crippen LogP contribution in [0.4, 0.5) is 0 Å². The Morgan fingerprint density at radius 2 is 1.82 bits per heavy atom. The number of aromatic hydroxyl groups is 1. The summed E-state index contributed by atoms with van der Waals surface area (Å²) < 4.78 is 18.0. The molecule has 0 bridgehead atoms. The van der Waals surface area contributed by atoms with E-state index < -0.39 is 6.23 Å². The lowest BCUT2D eigenvalue weighted by molar-refractivity contribution is -0.0202. The first kappa shape index (κ1) is 22.2. The third-order valence-corrected chi connectivity index (χ3v) is 6.77. The van der Waals surface area contributed by atoms with Crippen molar-refractivity contribution in [3.05, 3.63) is 79.7 Å². The second-order valence-electron chi connectivity index (χ2n) is 7.70. The molecule has 0 spiro atoms. The van der Waals surface area contributed by atoms with Crippen molar-refractivity contribution in [2.45, 2.75) is 18.7 Å². The molecule has 0 radical (unpaired) electrons. The molecule has 0 aromatic heterocycles. The summed E-state index contributed by atoms with van der Waals surface area (Å²) in [6, 6.07) is 14.2. The summed E-state index contributed by atoms with van der Waals surface area (Å²) in [6.45, 7) is 0. The lowest BCUT2D eigenvalue weighted by atomic mass is 9.95. The van der Waals surface area contributed by atoms with E-state index in [0.29, 0.717) is 39.3 Å². The molecule has 33 heavy (non-hydrogen) atoms. The number of ether oxygens (including phenoxy) is 3. The third-order valence-electron chi connectivity index (χ3n) is 5.78. The van der Waals surface area contributed by atoms with Crippen LogP contribution < -0.4 is 14.2 Å². The Hall–Kier alpha value is -2.61. The smallest absolute Gasteiger partial charge is 0.217 e. The van der Waals surface area contributed by atoms with Crippen LogP contribution in [-0.2, 0) is 0 Å². The highest BCUT2D eigenvalue weighted by Crippen LogP contribution is 2.52. The Morgan fingerprint density at radius 3 is 2.58 bits per heavy atom. The summed E-state index contributed by atoms with van der Waals surface area (Å²) in [5.74, 6) is 1.90. The van der Waals surface area contributed by atoms with Crippen LogP contribution in [0.5, 0.6) is 23.0 Å². The van der Waals surface area contributed by atoms with E-state index in [4.69, 9.17) is 42.5 Å². The predicted molar refractivity (Wildman–Crippen MR) is 131 cm³/mol. The summed E-state index contributed by atoms with van der Waals surface area (Å²) in [4.78, 5) is 0. The highest BCUT2D eigenvalue weighted by Gasteiger charge is 2.43. The van der Waals surface area contributed by atoms with Gasteiger partial charge in [-0.3, -0.25) is 0 Å². The number of benzene rings is 3. The highest BCUT2D eigenvalue weighted by atomic mass is 79.9. The molecule has 6 nitrogen and oxygen atoms in total. The van der Waals surface area contributed by atoms with Crippen LogP contribution in [0.1, 0.15) is 35.4 Å². The molecule has 0 saturated carbocycles. The number of methoxy groups -OCH3 is 2. The molecule has 2 aliphatic rings. The van der Waals surface area contributed by atoms with Gasteiger partial charge in [0.1, 0.15) is 11.5 Å². The number of phenolic OH excluding ortho intramolecular Hbond substituents is 1. The Balaban J connectivity index is 1.64. The standard InChI is InChI=1S/C24H19BrCl2N2O4/c1-31-21-6-3-12(7-22(21)32-2)18-11-19-15-9-14(26)10-17(27)23(15)33-24(29(19)28-18)16-8-13(25)4-5-20(16)30/h3-10,19,24,30H,11H2,1-2H3/t19-,24+/m1/s1. The maximum atomic E-state index is 10.6. The SMILES string of the molecule is COc1ccc(C2=NN3[C@H](C2)c2cc(Cl)cc(Cl)c2O[C@H]3c2cc(Br)ccc2O)cc1OC. The van der Waals surface area contributed by atoms with Gasteiger partial charge in [0.2, 0.25) is 6.23 Å². The van der Waals surface area contributed by atoms with Crippen LogP contribution in [0.15, 0.2) is 58.1 Å². The van der Waals surface area contributed by atoms with Crippen molar-refractivity contribution in [1.29, 1.82) is 0 Å². The van der Waals surface area contributed by atoms with Crippen molar-refractivity contribution >= 4 is 44.8 Å². The Bertz CT molecular complexity index is 1280. The van der Waals surface area contributed by atoms with Crippen LogP contribution in [0, 0.1) is 0 Å². The van der Waals surface area contributed by atoms with Gasteiger partial charge < -0.3 is 19.3 Å². The van der Waals surface area contributed by atoms with E-state index in [9.17, 15) is 5.11 Å². The number of fused-ring (bicyclic) bond motifs is 3. The van der Waals surface area contributed by atoms with E-state index in [2.05, 4.69) is 15.9 Å². The van der Waals surface area contributed by atoms with Gasteiger partial charge in [-0.2, -0.15) is 5.10 Å². The van der Waals surface area contributed by atoms with Crippen LogP contribution >= 0.6 is 39.1 Å². The molecule has 9 heteroatoms. The first-order chi connectivity index (χ1) is 15.9. The molecule has 0 saturated heterocycles. The molecular formula is C24H19BrCl2N2O4. The number of hydrazone groups is 1. The average molecular weight is 550 g/mol. The second kappa shape index (κ2) is 8.63. The van der Waals surface area contributed by atoms with Gasteiger partial charge in [0.15, 0.2) is 11.5 Å². The molecule has 0 amide bonds. The van der Waals surface area contributed by atoms with Gasteiger partial charge in [-0.05, 0) is 48.5 Å². The first-order valence-corrected chi connectivity index (χ1v) is 11.7. The molecule has 170 valence electrons. The Kier molecular flexibility index (Phi) is 5.80. The monoisotopic (exact) mass is 548 g/mol. The Morgan fingerprint density at radius 1 is 1.03 bits per heavy atom. The van der Waals surface area contributed by atoms with Crippen molar-refractivity contribution < 1.29 is 19.3 Å². The number of hydrogen-bond donors (Lipinski definition) is 1. The van der Waals surface area contributed by atoms with Crippen molar-refractivity contribution in [2.75, 3.05) is 14.2 Å². The lowest BCUT2D eigenvalue weighted by Crippen LogP contribution is -2.34. The van der Waals surface area contributed by atoms with Crippen molar-refractivity contribution in [1.82, 2.24) is 5.01 Å². The predicted octanol–water partition coefficient (Wildman–Crippen LogP) is 6.72. The molecule has 5 rings (SSSR count). The minimum atomic E-state index is -0.684. The van der Waals surface area contributed by atoms with Crippen molar-refractivity contribution in [3.63, 3.8) is 0 Å². The van der Waals surface area contributed by atoms with Gasteiger partial charge in [0.05, 0.1) is 36.6 Å². The maximum absolute atomic E-state index is 10.6. The first-order valence-electron chi connectivity index (χ1n) is 10.1. The van der Waals surface area contributed by atoms with Gasteiger partial charge in [-0.25, -0.2) is 5.01 Å². The number of nitrogens with zero attached hydrogens (tertiary/aromatic N) is 2. The van der Waals surface area contributed by atoms with Crippen molar-refractivity contribution in [3.8, 4) is 23.0 Å². The zero-order chi connectivity index (χ0) is 23.3. The molecule has 1 N–H and O–H groups in total. The Labute approximate surface area is 209 Å². The summed E-state index contributed by atoms with van der Waals surface area (Å²) in [5, 5.41) is 18.3. The molecule has 0 aliphatic carbocycles. The summed E-state index contributed by atoms with van der Waals surface area (Å²) in [6.07, 6.45) is -0.0929. The van der Waals surface area contributed by atoms with E-state index in [1.54, 1.807) is 32.4 Å².